The number of nitrogens with zero attached hydrogens (tertiary/aromatic N) is 4. The van der Waals surface area contributed by atoms with Gasteiger partial charge < -0.3 is 5.73 Å². The molecule has 0 saturated heterocycles. The van der Waals surface area contributed by atoms with Crippen molar-refractivity contribution in [3.8, 4) is 16.9 Å². The maximum absolute atomic E-state index is 13.7. The Bertz CT molecular complexity index is 708. The van der Waals surface area contributed by atoms with Crippen LogP contribution in [0.4, 0.5) is 10.2 Å². The van der Waals surface area contributed by atoms with Crippen LogP contribution >= 0.6 is 0 Å². The van der Waals surface area contributed by atoms with Gasteiger partial charge in [0.05, 0.1) is 0 Å². The van der Waals surface area contributed by atoms with E-state index in [0.717, 1.165) is 5.56 Å². The van der Waals surface area contributed by atoms with Crippen LogP contribution in [0.1, 0.15) is 0 Å². The summed E-state index contributed by atoms with van der Waals surface area (Å²) in [6.07, 6.45) is 3.28. The van der Waals surface area contributed by atoms with Crippen molar-refractivity contribution in [3.05, 3.63) is 54.6 Å². The number of para-hydroxylation sites is 1. The SMILES string of the molecule is Nc1c(-c2cccnc2)nnn1-c1ccccc1F. The minimum atomic E-state index is -0.406. The average molecular weight is 255 g/mol. The summed E-state index contributed by atoms with van der Waals surface area (Å²) < 4.78 is 15.0. The van der Waals surface area contributed by atoms with Crippen LogP contribution in [0.3, 0.4) is 0 Å². The predicted molar refractivity (Wildman–Crippen MR) is 69.0 cm³/mol. The molecule has 0 atom stereocenters. The number of hydrogen-bond acceptors (Lipinski definition) is 4. The van der Waals surface area contributed by atoms with E-state index in [4.69, 9.17) is 5.73 Å². The van der Waals surface area contributed by atoms with E-state index < -0.39 is 5.82 Å². The zero-order chi connectivity index (χ0) is 13.2. The molecule has 2 heterocycles. The summed E-state index contributed by atoms with van der Waals surface area (Å²) in [7, 11) is 0. The lowest BCUT2D eigenvalue weighted by atomic mass is 10.2. The van der Waals surface area contributed by atoms with Gasteiger partial charge in [-0.1, -0.05) is 17.3 Å². The van der Waals surface area contributed by atoms with Crippen LogP contribution in [0.15, 0.2) is 48.8 Å². The number of benzene rings is 1. The maximum Gasteiger partial charge on any atom is 0.156 e. The van der Waals surface area contributed by atoms with Gasteiger partial charge in [-0.25, -0.2) is 4.39 Å². The van der Waals surface area contributed by atoms with E-state index >= 15 is 0 Å². The summed E-state index contributed by atoms with van der Waals surface area (Å²) in [5.41, 5.74) is 7.47. The van der Waals surface area contributed by atoms with E-state index in [1.807, 2.05) is 6.07 Å². The van der Waals surface area contributed by atoms with Crippen LogP contribution in [-0.2, 0) is 0 Å². The van der Waals surface area contributed by atoms with Crippen molar-refractivity contribution >= 4 is 5.82 Å². The third kappa shape index (κ3) is 1.93. The molecule has 3 rings (SSSR count). The van der Waals surface area contributed by atoms with Crippen molar-refractivity contribution in [2.24, 2.45) is 0 Å². The van der Waals surface area contributed by atoms with Crippen molar-refractivity contribution in [2.75, 3.05) is 5.73 Å². The Balaban J connectivity index is 2.12. The van der Waals surface area contributed by atoms with E-state index in [-0.39, 0.29) is 11.5 Å². The fourth-order valence-electron chi connectivity index (χ4n) is 1.80. The second-order valence-corrected chi connectivity index (χ2v) is 3.93. The summed E-state index contributed by atoms with van der Waals surface area (Å²) >= 11 is 0. The van der Waals surface area contributed by atoms with Crippen molar-refractivity contribution in [1.82, 2.24) is 20.0 Å². The molecule has 0 aliphatic carbocycles. The molecule has 19 heavy (non-hydrogen) atoms. The molecule has 0 amide bonds. The molecule has 0 radical (unpaired) electrons. The standard InChI is InChI=1S/C13H10FN5/c14-10-5-1-2-6-11(10)19-13(15)12(17-18-19)9-4-3-7-16-8-9/h1-8H,15H2. The average Bonchev–Trinajstić information content (AvgIpc) is 2.82. The van der Waals surface area contributed by atoms with Crippen molar-refractivity contribution < 1.29 is 4.39 Å². The molecule has 0 fully saturated rings. The molecule has 2 N–H and O–H groups in total. The number of pyridine rings is 1. The van der Waals surface area contributed by atoms with Gasteiger partial charge in [0.1, 0.15) is 17.2 Å². The zero-order valence-electron chi connectivity index (χ0n) is 9.86. The van der Waals surface area contributed by atoms with Gasteiger partial charge in [-0.05, 0) is 24.3 Å². The summed E-state index contributed by atoms with van der Waals surface area (Å²) in [5, 5.41) is 7.88. The lowest BCUT2D eigenvalue weighted by Crippen LogP contribution is -2.04. The van der Waals surface area contributed by atoms with Crippen LogP contribution in [-0.4, -0.2) is 20.0 Å². The lowest BCUT2D eigenvalue weighted by Gasteiger charge is -2.04. The molecule has 0 saturated carbocycles. The first-order valence-electron chi connectivity index (χ1n) is 5.64. The van der Waals surface area contributed by atoms with Crippen molar-refractivity contribution in [3.63, 3.8) is 0 Å². The van der Waals surface area contributed by atoms with E-state index in [2.05, 4.69) is 15.3 Å². The van der Waals surface area contributed by atoms with E-state index in [0.29, 0.717) is 5.69 Å². The topological polar surface area (TPSA) is 69.6 Å². The molecule has 0 unspecified atom stereocenters. The third-order valence-corrected chi connectivity index (χ3v) is 2.72. The first-order chi connectivity index (χ1) is 9.27. The number of aromatic nitrogens is 4. The molecular weight excluding hydrogens is 245 g/mol. The molecule has 0 spiro atoms. The van der Waals surface area contributed by atoms with Gasteiger partial charge in [-0.2, -0.15) is 4.68 Å². The maximum atomic E-state index is 13.7. The normalized spacial score (nSPS) is 10.6. The van der Waals surface area contributed by atoms with Crippen molar-refractivity contribution in [1.29, 1.82) is 0 Å². The molecule has 0 bridgehead atoms. The quantitative estimate of drug-likeness (QED) is 0.760. The summed E-state index contributed by atoms with van der Waals surface area (Å²) in [4.78, 5) is 4.00. The van der Waals surface area contributed by atoms with Gasteiger partial charge in [0.2, 0.25) is 0 Å². The zero-order valence-corrected chi connectivity index (χ0v) is 9.86. The summed E-state index contributed by atoms with van der Waals surface area (Å²) in [5.74, 6) is -0.130. The van der Waals surface area contributed by atoms with E-state index in [1.165, 1.54) is 10.7 Å². The highest BCUT2D eigenvalue weighted by atomic mass is 19.1. The van der Waals surface area contributed by atoms with Gasteiger partial charge in [0.25, 0.3) is 0 Å². The van der Waals surface area contributed by atoms with Gasteiger partial charge in [-0.3, -0.25) is 4.98 Å². The Hall–Kier alpha value is -2.76. The minimum absolute atomic E-state index is 0.266. The Morgan fingerprint density at radius 1 is 1.11 bits per heavy atom. The number of rotatable bonds is 2. The van der Waals surface area contributed by atoms with Crippen LogP contribution in [0.5, 0.6) is 0 Å². The smallest absolute Gasteiger partial charge is 0.156 e. The summed E-state index contributed by atoms with van der Waals surface area (Å²) in [6.45, 7) is 0. The minimum Gasteiger partial charge on any atom is -0.382 e. The lowest BCUT2D eigenvalue weighted by molar-refractivity contribution is 0.608. The Morgan fingerprint density at radius 3 is 2.68 bits per heavy atom. The van der Waals surface area contributed by atoms with Gasteiger partial charge in [0, 0.05) is 18.0 Å². The van der Waals surface area contributed by atoms with Crippen LogP contribution in [0.25, 0.3) is 16.9 Å². The molecule has 2 aromatic heterocycles. The fraction of sp³-hybridized carbons (Fsp3) is 0. The number of nitrogens with two attached hydrogens (primary N) is 1. The Labute approximate surface area is 108 Å². The largest absolute Gasteiger partial charge is 0.382 e. The molecule has 3 aromatic rings. The summed E-state index contributed by atoms with van der Waals surface area (Å²) in [6, 6.07) is 9.85. The molecule has 94 valence electrons. The Kier molecular flexibility index (Phi) is 2.68. The predicted octanol–water partition coefficient (Wildman–Crippen LogP) is 2.05. The van der Waals surface area contributed by atoms with E-state index in [1.54, 1.807) is 36.7 Å². The highest BCUT2D eigenvalue weighted by Gasteiger charge is 2.15. The fourth-order valence-corrected chi connectivity index (χ4v) is 1.80. The van der Waals surface area contributed by atoms with Gasteiger partial charge >= 0.3 is 0 Å². The first kappa shape index (κ1) is 11.3. The first-order valence-corrected chi connectivity index (χ1v) is 5.64. The monoisotopic (exact) mass is 255 g/mol. The number of anilines is 1. The molecular formula is C13H10FN5. The third-order valence-electron chi connectivity index (χ3n) is 2.72. The van der Waals surface area contributed by atoms with Crippen LogP contribution in [0.2, 0.25) is 0 Å². The van der Waals surface area contributed by atoms with Gasteiger partial charge in [0.15, 0.2) is 5.82 Å². The highest BCUT2D eigenvalue weighted by molar-refractivity contribution is 5.70. The van der Waals surface area contributed by atoms with Gasteiger partial charge in [-0.15, -0.1) is 5.10 Å². The number of hydrogen-bond donors (Lipinski definition) is 1. The van der Waals surface area contributed by atoms with E-state index in [9.17, 15) is 4.39 Å². The van der Waals surface area contributed by atoms with Crippen molar-refractivity contribution in [2.45, 2.75) is 0 Å². The number of halogens is 1. The molecule has 0 aliphatic rings. The molecule has 6 heteroatoms. The van der Waals surface area contributed by atoms with Crippen LogP contribution in [0, 0.1) is 5.82 Å². The van der Waals surface area contributed by atoms with Crippen LogP contribution < -0.4 is 5.73 Å². The molecule has 0 aliphatic heterocycles. The molecule has 1 aromatic carbocycles. The second-order valence-electron chi connectivity index (χ2n) is 3.93. The second kappa shape index (κ2) is 4.49. The Morgan fingerprint density at radius 2 is 1.95 bits per heavy atom. The molecule has 5 nitrogen and oxygen atoms in total. The number of nitrogen functional groups attached to an aromatic ring is 1. The highest BCUT2D eigenvalue weighted by Crippen LogP contribution is 2.25.